The maximum Gasteiger partial charge on any atom is 0.264 e. The van der Waals surface area contributed by atoms with Gasteiger partial charge in [0.25, 0.3) is 16.0 Å². The Balaban J connectivity index is 1.39. The molecule has 15 heteroatoms. The fourth-order valence-corrected chi connectivity index (χ4v) is 5.48. The molecule has 0 saturated carbocycles. The highest BCUT2D eigenvalue weighted by atomic mass is 32.2. The molecule has 236 valence electrons. The van der Waals surface area contributed by atoms with Gasteiger partial charge in [0, 0.05) is 12.1 Å². The number of carbonyl (C=O) groups is 1. The number of aromatic nitrogens is 4. The SMILES string of the molecule is COc1ccccc1OCCNC(=O)c1ccc2nc(C(C)c3nc4ccc(N=C(N)N)cc4[nH]3)n(CCCS(=O)(=O)O)c2c1. The van der Waals surface area contributed by atoms with E-state index >= 15 is 0 Å². The number of nitrogens with zero attached hydrogens (tertiary/aromatic N) is 4. The number of hydrogen-bond donors (Lipinski definition) is 5. The molecule has 0 aliphatic rings. The molecule has 1 atom stereocenters. The minimum Gasteiger partial charge on any atom is -0.493 e. The number of amides is 1. The molecule has 0 aliphatic heterocycles. The topological polar surface area (TPSA) is 213 Å². The van der Waals surface area contributed by atoms with Crippen LogP contribution in [0.3, 0.4) is 0 Å². The number of benzene rings is 3. The van der Waals surface area contributed by atoms with Crippen molar-refractivity contribution in [1.29, 1.82) is 0 Å². The van der Waals surface area contributed by atoms with E-state index in [0.29, 0.717) is 50.9 Å². The summed E-state index contributed by atoms with van der Waals surface area (Å²) in [6.45, 7) is 2.63. The molecule has 0 spiro atoms. The van der Waals surface area contributed by atoms with E-state index in [9.17, 15) is 17.8 Å². The fourth-order valence-electron chi connectivity index (χ4n) is 4.98. The van der Waals surface area contributed by atoms with Gasteiger partial charge in [0.2, 0.25) is 0 Å². The molecule has 0 saturated heterocycles. The van der Waals surface area contributed by atoms with Crippen molar-refractivity contribution in [3.8, 4) is 11.5 Å². The van der Waals surface area contributed by atoms with Gasteiger partial charge >= 0.3 is 0 Å². The molecule has 1 unspecified atom stereocenters. The van der Waals surface area contributed by atoms with Gasteiger partial charge in [-0.3, -0.25) is 9.35 Å². The van der Waals surface area contributed by atoms with Crippen LogP contribution in [-0.4, -0.2) is 70.4 Å². The summed E-state index contributed by atoms with van der Waals surface area (Å²) in [5, 5.41) is 2.85. The lowest BCUT2D eigenvalue weighted by atomic mass is 10.1. The van der Waals surface area contributed by atoms with Gasteiger partial charge in [-0.05, 0) is 61.9 Å². The highest BCUT2D eigenvalue weighted by Gasteiger charge is 2.22. The first-order chi connectivity index (χ1) is 21.5. The van der Waals surface area contributed by atoms with E-state index in [2.05, 4.69) is 15.3 Å². The monoisotopic (exact) mass is 634 g/mol. The number of hydrogen-bond acceptors (Lipinski definition) is 8. The van der Waals surface area contributed by atoms with Crippen molar-refractivity contribution in [3.05, 3.63) is 77.9 Å². The van der Waals surface area contributed by atoms with Crippen LogP contribution in [0.4, 0.5) is 5.69 Å². The molecular weight excluding hydrogens is 600 g/mol. The van der Waals surface area contributed by atoms with E-state index in [0.717, 1.165) is 5.52 Å². The molecule has 2 heterocycles. The van der Waals surface area contributed by atoms with Crippen LogP contribution < -0.4 is 26.3 Å². The van der Waals surface area contributed by atoms with Gasteiger partial charge in [0.15, 0.2) is 17.5 Å². The Bertz CT molecular complexity index is 1980. The number of imidazole rings is 2. The highest BCUT2D eigenvalue weighted by molar-refractivity contribution is 7.85. The second-order valence-electron chi connectivity index (χ2n) is 10.3. The molecule has 0 aliphatic carbocycles. The predicted molar refractivity (Wildman–Crippen MR) is 171 cm³/mol. The van der Waals surface area contributed by atoms with Crippen molar-refractivity contribution >= 4 is 49.7 Å². The van der Waals surface area contributed by atoms with E-state index in [1.54, 1.807) is 55.6 Å². The van der Waals surface area contributed by atoms with Gasteiger partial charge in [-0.25, -0.2) is 15.0 Å². The number of nitrogens with two attached hydrogens (primary N) is 2. The number of carbonyl (C=O) groups excluding carboxylic acids is 1. The minimum atomic E-state index is -4.17. The van der Waals surface area contributed by atoms with Crippen LogP contribution in [0.5, 0.6) is 11.5 Å². The van der Waals surface area contributed by atoms with E-state index in [1.165, 1.54) is 0 Å². The van der Waals surface area contributed by atoms with E-state index in [1.807, 2.05) is 23.6 Å². The van der Waals surface area contributed by atoms with Crippen molar-refractivity contribution < 1.29 is 27.2 Å². The Kier molecular flexibility index (Phi) is 9.20. The van der Waals surface area contributed by atoms with Crippen LogP contribution in [0.25, 0.3) is 22.1 Å². The van der Waals surface area contributed by atoms with E-state index < -0.39 is 15.9 Å². The summed E-state index contributed by atoms with van der Waals surface area (Å²) in [5.41, 5.74) is 14.7. The zero-order valence-electron chi connectivity index (χ0n) is 24.7. The summed E-state index contributed by atoms with van der Waals surface area (Å²) < 4.78 is 45.2. The number of methoxy groups -OCH3 is 1. The first-order valence-electron chi connectivity index (χ1n) is 14.1. The summed E-state index contributed by atoms with van der Waals surface area (Å²) in [6, 6.07) is 17.7. The van der Waals surface area contributed by atoms with Gasteiger partial charge in [-0.15, -0.1) is 0 Å². The lowest BCUT2D eigenvalue weighted by molar-refractivity contribution is 0.0947. The average Bonchev–Trinajstić information content (AvgIpc) is 3.59. The van der Waals surface area contributed by atoms with Gasteiger partial charge in [-0.2, -0.15) is 8.42 Å². The van der Waals surface area contributed by atoms with Gasteiger partial charge in [0.1, 0.15) is 18.3 Å². The molecule has 14 nitrogen and oxygen atoms in total. The lowest BCUT2D eigenvalue weighted by Crippen LogP contribution is -2.28. The standard InChI is InChI=1S/C30H34N8O6S/c1-18(27-35-21-11-9-20(34-30(31)32)17-23(21)36-27)28-37-22-10-8-19(16-24(22)38(28)13-5-15-45(40,41)42)29(39)33-12-14-44-26-7-4-3-6-25(26)43-2/h3-4,6-11,16-18H,5,12-15H2,1-2H3,(H,33,39)(H,35,36)(H4,31,32,34)(H,40,41,42). The van der Waals surface area contributed by atoms with Crippen molar-refractivity contribution in [2.45, 2.75) is 25.8 Å². The number of aliphatic imine (C=N–C) groups is 1. The van der Waals surface area contributed by atoms with Crippen LogP contribution in [0, 0.1) is 0 Å². The number of ether oxygens (including phenoxy) is 2. The van der Waals surface area contributed by atoms with Crippen molar-refractivity contribution in [1.82, 2.24) is 24.8 Å². The normalized spacial score (nSPS) is 12.2. The summed E-state index contributed by atoms with van der Waals surface area (Å²) in [6.07, 6.45) is 0.128. The third kappa shape index (κ3) is 7.50. The first-order valence-corrected chi connectivity index (χ1v) is 15.7. The second kappa shape index (κ2) is 13.2. The maximum absolute atomic E-state index is 13.1. The predicted octanol–water partition coefficient (Wildman–Crippen LogP) is 3.06. The molecule has 1 amide bonds. The zero-order chi connectivity index (χ0) is 32.1. The molecule has 5 aromatic rings. The summed E-state index contributed by atoms with van der Waals surface area (Å²) in [5.74, 6) is 1.24. The number of fused-ring (bicyclic) bond motifs is 2. The zero-order valence-corrected chi connectivity index (χ0v) is 25.5. The van der Waals surface area contributed by atoms with Crippen LogP contribution >= 0.6 is 0 Å². The Morgan fingerprint density at radius 2 is 1.84 bits per heavy atom. The smallest absolute Gasteiger partial charge is 0.264 e. The highest BCUT2D eigenvalue weighted by Crippen LogP contribution is 2.30. The third-order valence-electron chi connectivity index (χ3n) is 7.08. The summed E-state index contributed by atoms with van der Waals surface area (Å²) >= 11 is 0. The van der Waals surface area contributed by atoms with Gasteiger partial charge < -0.3 is 35.8 Å². The maximum atomic E-state index is 13.1. The molecule has 5 rings (SSSR count). The van der Waals surface area contributed by atoms with E-state index in [-0.39, 0.29) is 43.9 Å². The molecule has 2 aromatic heterocycles. The van der Waals surface area contributed by atoms with Crippen molar-refractivity contribution in [3.63, 3.8) is 0 Å². The average molecular weight is 635 g/mol. The van der Waals surface area contributed by atoms with Crippen molar-refractivity contribution in [2.24, 2.45) is 16.5 Å². The van der Waals surface area contributed by atoms with Gasteiger partial charge in [0.05, 0.1) is 53.1 Å². The molecule has 7 N–H and O–H groups in total. The molecule has 45 heavy (non-hydrogen) atoms. The van der Waals surface area contributed by atoms with Crippen LogP contribution in [0.1, 0.15) is 41.3 Å². The van der Waals surface area contributed by atoms with Gasteiger partial charge in [-0.1, -0.05) is 12.1 Å². The Hall–Kier alpha value is -5.15. The molecule has 0 radical (unpaired) electrons. The van der Waals surface area contributed by atoms with Crippen LogP contribution in [0.2, 0.25) is 0 Å². The summed E-state index contributed by atoms with van der Waals surface area (Å²) in [4.78, 5) is 30.0. The number of rotatable bonds is 13. The minimum absolute atomic E-state index is 0.0599. The number of aryl methyl sites for hydroxylation is 1. The Morgan fingerprint density at radius 3 is 2.58 bits per heavy atom. The number of H-pyrrole nitrogens is 1. The quantitative estimate of drug-likeness (QED) is 0.0552. The molecule has 0 fully saturated rings. The molecule has 0 bridgehead atoms. The van der Waals surface area contributed by atoms with E-state index in [4.69, 9.17) is 30.9 Å². The van der Waals surface area contributed by atoms with Crippen LogP contribution in [0.15, 0.2) is 65.7 Å². The first kappa shape index (κ1) is 31.3. The largest absolute Gasteiger partial charge is 0.493 e. The number of nitrogens with one attached hydrogen (secondary N) is 2. The summed E-state index contributed by atoms with van der Waals surface area (Å²) in [7, 11) is -2.61. The van der Waals surface area contributed by atoms with Crippen LogP contribution in [-0.2, 0) is 16.7 Å². The molecule has 3 aromatic carbocycles. The van der Waals surface area contributed by atoms with Crippen molar-refractivity contribution in [2.75, 3.05) is 26.0 Å². The number of guanidine groups is 1. The third-order valence-corrected chi connectivity index (χ3v) is 7.88. The lowest BCUT2D eigenvalue weighted by Gasteiger charge is -2.13. The Morgan fingerprint density at radius 1 is 1.09 bits per heavy atom. The molecular formula is C30H34N8O6S. The number of para-hydroxylation sites is 2. The number of aromatic amines is 1. The Labute approximate surface area is 259 Å². The second-order valence-corrected chi connectivity index (χ2v) is 11.9. The fraction of sp³-hybridized carbons (Fsp3) is 0.267.